The number of halogens is 1. The molecule has 19 heavy (non-hydrogen) atoms. The predicted molar refractivity (Wildman–Crippen MR) is 85.3 cm³/mol. The molecule has 0 saturated heterocycles. The van der Waals surface area contributed by atoms with Crippen LogP contribution in [0.5, 0.6) is 0 Å². The Bertz CT molecular complexity index is 609. The summed E-state index contributed by atoms with van der Waals surface area (Å²) in [7, 11) is 0. The van der Waals surface area contributed by atoms with E-state index >= 15 is 0 Å². The van der Waals surface area contributed by atoms with E-state index in [1.807, 2.05) is 55.5 Å². The van der Waals surface area contributed by atoms with Crippen molar-refractivity contribution in [3.63, 3.8) is 0 Å². The molecular formula is C15H13IN2O. The molecule has 2 aromatic carbocycles. The van der Waals surface area contributed by atoms with Crippen molar-refractivity contribution in [3.05, 3.63) is 69.3 Å². The van der Waals surface area contributed by atoms with Crippen LogP contribution in [0.1, 0.15) is 22.8 Å². The maximum atomic E-state index is 11.9. The fourth-order valence-electron chi connectivity index (χ4n) is 1.57. The van der Waals surface area contributed by atoms with Gasteiger partial charge in [-0.1, -0.05) is 36.4 Å². The molecule has 1 amide bonds. The van der Waals surface area contributed by atoms with Crippen molar-refractivity contribution in [1.29, 1.82) is 0 Å². The quantitative estimate of drug-likeness (QED) is 0.506. The van der Waals surface area contributed by atoms with Crippen molar-refractivity contribution in [2.75, 3.05) is 0 Å². The highest BCUT2D eigenvalue weighted by Crippen LogP contribution is 2.07. The fraction of sp³-hybridized carbons (Fsp3) is 0.0667. The van der Waals surface area contributed by atoms with Crippen LogP contribution in [0.2, 0.25) is 0 Å². The van der Waals surface area contributed by atoms with Gasteiger partial charge in [-0.3, -0.25) is 4.79 Å². The average Bonchev–Trinajstić information content (AvgIpc) is 2.45. The number of carbonyl (C=O) groups is 1. The summed E-state index contributed by atoms with van der Waals surface area (Å²) in [5.74, 6) is -0.200. The summed E-state index contributed by atoms with van der Waals surface area (Å²) < 4.78 is 1.02. The molecule has 0 aliphatic rings. The molecule has 0 aromatic heterocycles. The second-order valence-corrected chi connectivity index (χ2v) is 5.26. The van der Waals surface area contributed by atoms with Gasteiger partial charge in [-0.05, 0) is 53.3 Å². The Balaban J connectivity index is 2.08. The highest BCUT2D eigenvalue weighted by atomic mass is 127. The summed E-state index contributed by atoms with van der Waals surface area (Å²) in [5, 5.41) is 4.12. The molecule has 3 nitrogen and oxygen atoms in total. The topological polar surface area (TPSA) is 41.5 Å². The molecule has 96 valence electrons. The SMILES string of the molecule is C/C(=N/NC(=O)c1cccc(I)c1)c1ccccc1. The van der Waals surface area contributed by atoms with E-state index in [0.29, 0.717) is 5.56 Å². The van der Waals surface area contributed by atoms with Gasteiger partial charge in [0, 0.05) is 9.13 Å². The molecule has 0 aliphatic heterocycles. The number of nitrogens with zero attached hydrogens (tertiary/aromatic N) is 1. The maximum Gasteiger partial charge on any atom is 0.271 e. The molecule has 0 radical (unpaired) electrons. The lowest BCUT2D eigenvalue weighted by Gasteiger charge is -2.03. The number of hydrogen-bond donors (Lipinski definition) is 1. The Kier molecular flexibility index (Phi) is 4.68. The Morgan fingerprint density at radius 1 is 1.05 bits per heavy atom. The van der Waals surface area contributed by atoms with Crippen molar-refractivity contribution in [1.82, 2.24) is 5.43 Å². The monoisotopic (exact) mass is 364 g/mol. The molecule has 2 aromatic rings. The molecule has 0 aliphatic carbocycles. The first-order valence-corrected chi connectivity index (χ1v) is 6.90. The lowest BCUT2D eigenvalue weighted by Crippen LogP contribution is -2.19. The summed E-state index contributed by atoms with van der Waals surface area (Å²) >= 11 is 2.17. The van der Waals surface area contributed by atoms with Gasteiger partial charge in [0.05, 0.1) is 5.71 Å². The summed E-state index contributed by atoms with van der Waals surface area (Å²) in [6, 6.07) is 17.1. The average molecular weight is 364 g/mol. The Morgan fingerprint density at radius 2 is 1.74 bits per heavy atom. The van der Waals surface area contributed by atoms with Crippen molar-refractivity contribution < 1.29 is 4.79 Å². The smallest absolute Gasteiger partial charge is 0.267 e. The highest BCUT2D eigenvalue weighted by Gasteiger charge is 2.04. The number of benzene rings is 2. The van der Waals surface area contributed by atoms with Crippen molar-refractivity contribution in [3.8, 4) is 0 Å². The van der Waals surface area contributed by atoms with Crippen molar-refractivity contribution in [2.24, 2.45) is 5.10 Å². The second kappa shape index (κ2) is 6.47. The third kappa shape index (κ3) is 3.89. The van der Waals surface area contributed by atoms with Crippen LogP contribution in [0.15, 0.2) is 59.7 Å². The molecule has 1 N–H and O–H groups in total. The molecule has 0 spiro atoms. The summed E-state index contributed by atoms with van der Waals surface area (Å²) in [4.78, 5) is 11.9. The number of carbonyl (C=O) groups excluding carboxylic acids is 1. The largest absolute Gasteiger partial charge is 0.271 e. The van der Waals surface area contributed by atoms with Crippen molar-refractivity contribution in [2.45, 2.75) is 6.92 Å². The predicted octanol–water partition coefficient (Wildman–Crippen LogP) is 3.45. The first kappa shape index (κ1) is 13.7. The van der Waals surface area contributed by atoms with Gasteiger partial charge in [-0.2, -0.15) is 5.10 Å². The van der Waals surface area contributed by atoms with Crippen LogP contribution in [0, 0.1) is 3.57 Å². The van der Waals surface area contributed by atoms with Crippen LogP contribution in [0.4, 0.5) is 0 Å². The first-order chi connectivity index (χ1) is 9.16. The highest BCUT2D eigenvalue weighted by molar-refractivity contribution is 14.1. The van der Waals surface area contributed by atoms with E-state index in [0.717, 1.165) is 14.8 Å². The number of nitrogens with one attached hydrogen (secondary N) is 1. The number of rotatable bonds is 3. The molecule has 2 rings (SSSR count). The zero-order valence-electron chi connectivity index (χ0n) is 10.4. The van der Waals surface area contributed by atoms with Crippen LogP contribution in [0.3, 0.4) is 0 Å². The molecule has 0 heterocycles. The third-order valence-electron chi connectivity index (χ3n) is 2.60. The third-order valence-corrected chi connectivity index (χ3v) is 3.27. The van der Waals surface area contributed by atoms with Crippen LogP contribution >= 0.6 is 22.6 Å². The van der Waals surface area contributed by atoms with E-state index < -0.39 is 0 Å². The van der Waals surface area contributed by atoms with Gasteiger partial charge in [0.15, 0.2) is 0 Å². The molecule has 0 atom stereocenters. The maximum absolute atomic E-state index is 11.9. The van der Waals surface area contributed by atoms with E-state index in [1.54, 1.807) is 6.07 Å². The van der Waals surface area contributed by atoms with E-state index in [2.05, 4.69) is 33.1 Å². The molecule has 0 saturated carbocycles. The van der Waals surface area contributed by atoms with E-state index in [1.165, 1.54) is 0 Å². The van der Waals surface area contributed by atoms with Gasteiger partial charge >= 0.3 is 0 Å². The van der Waals surface area contributed by atoms with Crippen molar-refractivity contribution >= 4 is 34.2 Å². The van der Waals surface area contributed by atoms with E-state index in [4.69, 9.17) is 0 Å². The van der Waals surface area contributed by atoms with Gasteiger partial charge in [0.25, 0.3) is 5.91 Å². The fourth-order valence-corrected chi connectivity index (χ4v) is 2.12. The zero-order chi connectivity index (χ0) is 13.7. The lowest BCUT2D eigenvalue weighted by molar-refractivity contribution is 0.0955. The Hall–Kier alpha value is -1.69. The van der Waals surface area contributed by atoms with Crippen LogP contribution in [0.25, 0.3) is 0 Å². The van der Waals surface area contributed by atoms with Gasteiger partial charge < -0.3 is 0 Å². The minimum absolute atomic E-state index is 0.200. The summed E-state index contributed by atoms with van der Waals surface area (Å²) in [5.41, 5.74) is 4.95. The van der Waals surface area contributed by atoms with E-state index in [-0.39, 0.29) is 5.91 Å². The zero-order valence-corrected chi connectivity index (χ0v) is 12.6. The normalized spacial score (nSPS) is 11.2. The van der Waals surface area contributed by atoms with Gasteiger partial charge in [-0.15, -0.1) is 0 Å². The molecule has 0 bridgehead atoms. The van der Waals surface area contributed by atoms with Crippen LogP contribution in [-0.4, -0.2) is 11.6 Å². The number of hydrazone groups is 1. The number of amides is 1. The standard InChI is InChI=1S/C15H13IN2O/c1-11(12-6-3-2-4-7-12)17-18-15(19)13-8-5-9-14(16)10-13/h2-10H,1H3,(H,18,19)/b17-11-. The Morgan fingerprint density at radius 3 is 2.42 bits per heavy atom. The Labute approximate surface area is 125 Å². The van der Waals surface area contributed by atoms with Gasteiger partial charge in [0.1, 0.15) is 0 Å². The van der Waals surface area contributed by atoms with Gasteiger partial charge in [0.2, 0.25) is 0 Å². The second-order valence-electron chi connectivity index (χ2n) is 4.01. The summed E-state index contributed by atoms with van der Waals surface area (Å²) in [6.45, 7) is 1.87. The summed E-state index contributed by atoms with van der Waals surface area (Å²) in [6.07, 6.45) is 0. The first-order valence-electron chi connectivity index (χ1n) is 5.82. The molecular weight excluding hydrogens is 351 g/mol. The van der Waals surface area contributed by atoms with Crippen LogP contribution < -0.4 is 5.43 Å². The lowest BCUT2D eigenvalue weighted by atomic mass is 10.1. The molecule has 4 heteroatoms. The van der Waals surface area contributed by atoms with Gasteiger partial charge in [-0.25, -0.2) is 5.43 Å². The molecule has 0 unspecified atom stereocenters. The minimum Gasteiger partial charge on any atom is -0.267 e. The van der Waals surface area contributed by atoms with E-state index in [9.17, 15) is 4.79 Å². The number of hydrogen-bond acceptors (Lipinski definition) is 2. The molecule has 0 fully saturated rings. The minimum atomic E-state index is -0.200. The van der Waals surface area contributed by atoms with Crippen LogP contribution in [-0.2, 0) is 0 Å².